The molecule has 0 aliphatic carbocycles. The molecule has 0 N–H and O–H groups in total. The zero-order valence-electron chi connectivity index (χ0n) is 14.2. The maximum atomic E-state index is 12.2. The third-order valence-electron chi connectivity index (χ3n) is 4.23. The second-order valence-corrected chi connectivity index (χ2v) is 6.09. The molecule has 7 nitrogen and oxygen atoms in total. The predicted octanol–water partition coefficient (Wildman–Crippen LogP) is 1.80. The van der Waals surface area contributed by atoms with Gasteiger partial charge in [0.2, 0.25) is 17.7 Å². The van der Waals surface area contributed by atoms with Crippen LogP contribution in [0.4, 0.5) is 0 Å². The summed E-state index contributed by atoms with van der Waals surface area (Å²) in [6, 6.07) is 7.36. The highest BCUT2D eigenvalue weighted by Crippen LogP contribution is 2.24. The number of likely N-dealkylation sites (tertiary alicyclic amines) is 1. The first-order chi connectivity index (χ1) is 11.6. The Balaban J connectivity index is 1.70. The highest BCUT2D eigenvalue weighted by Gasteiger charge is 2.32. The summed E-state index contributed by atoms with van der Waals surface area (Å²) in [7, 11) is 5.20. The number of hydrogen-bond acceptors (Lipinski definition) is 6. The average molecular weight is 330 g/mol. The van der Waals surface area contributed by atoms with Crippen LogP contribution in [0.5, 0.6) is 5.75 Å². The van der Waals surface area contributed by atoms with Crippen LogP contribution in [0.25, 0.3) is 11.5 Å². The second-order valence-electron chi connectivity index (χ2n) is 6.09. The maximum Gasteiger partial charge on any atom is 0.247 e. The van der Waals surface area contributed by atoms with E-state index in [4.69, 9.17) is 9.15 Å². The number of rotatable bonds is 5. The average Bonchev–Trinajstić information content (AvgIpc) is 3.24. The number of hydrogen-bond donors (Lipinski definition) is 0. The Kier molecular flexibility index (Phi) is 4.80. The molecular formula is C17H22N4O3. The summed E-state index contributed by atoms with van der Waals surface area (Å²) in [6.45, 7) is 1.36. The fourth-order valence-electron chi connectivity index (χ4n) is 2.93. The molecule has 1 unspecified atom stereocenters. The van der Waals surface area contributed by atoms with E-state index in [0.717, 1.165) is 30.7 Å². The van der Waals surface area contributed by atoms with Crippen molar-refractivity contribution in [1.29, 1.82) is 0 Å². The summed E-state index contributed by atoms with van der Waals surface area (Å²) in [5.41, 5.74) is 0.844. The third-order valence-corrected chi connectivity index (χ3v) is 4.23. The first-order valence-electron chi connectivity index (χ1n) is 8.00. The molecule has 0 radical (unpaired) electrons. The van der Waals surface area contributed by atoms with E-state index in [1.807, 2.05) is 24.3 Å². The molecule has 1 amide bonds. The summed E-state index contributed by atoms with van der Waals surface area (Å²) >= 11 is 0. The van der Waals surface area contributed by atoms with Crippen molar-refractivity contribution in [2.24, 2.45) is 0 Å². The van der Waals surface area contributed by atoms with Crippen molar-refractivity contribution >= 4 is 5.91 Å². The molecule has 24 heavy (non-hydrogen) atoms. The summed E-state index contributed by atoms with van der Waals surface area (Å²) in [5, 5.41) is 8.23. The second kappa shape index (κ2) is 7.00. The van der Waals surface area contributed by atoms with Crippen LogP contribution in [0.2, 0.25) is 0 Å². The number of aromatic nitrogens is 2. The van der Waals surface area contributed by atoms with Crippen LogP contribution >= 0.6 is 0 Å². The quantitative estimate of drug-likeness (QED) is 0.832. The normalized spacial score (nSPS) is 17.9. The molecule has 3 rings (SSSR count). The van der Waals surface area contributed by atoms with Gasteiger partial charge in [-0.3, -0.25) is 9.69 Å². The highest BCUT2D eigenvalue weighted by atomic mass is 16.5. The van der Waals surface area contributed by atoms with Crippen LogP contribution in [0, 0.1) is 0 Å². The first kappa shape index (κ1) is 16.4. The molecule has 2 heterocycles. The molecule has 1 aromatic carbocycles. The molecular weight excluding hydrogens is 308 g/mol. The molecule has 1 atom stereocenters. The van der Waals surface area contributed by atoms with Gasteiger partial charge in [0.15, 0.2) is 0 Å². The highest BCUT2D eigenvalue weighted by molar-refractivity contribution is 5.81. The van der Waals surface area contributed by atoms with Gasteiger partial charge in [-0.05, 0) is 43.7 Å². The number of nitrogens with zero attached hydrogens (tertiary/aromatic N) is 4. The van der Waals surface area contributed by atoms with Crippen LogP contribution in [-0.2, 0) is 11.3 Å². The van der Waals surface area contributed by atoms with Crippen LogP contribution in [-0.4, -0.2) is 59.7 Å². The Bertz CT molecular complexity index is 696. The molecule has 1 fully saturated rings. The van der Waals surface area contributed by atoms with Gasteiger partial charge >= 0.3 is 0 Å². The number of carbonyl (C=O) groups excluding carboxylic acids is 1. The van der Waals surface area contributed by atoms with Gasteiger partial charge in [0, 0.05) is 19.7 Å². The van der Waals surface area contributed by atoms with Crippen molar-refractivity contribution in [2.75, 3.05) is 27.7 Å². The molecule has 0 bridgehead atoms. The minimum Gasteiger partial charge on any atom is -0.497 e. The lowest BCUT2D eigenvalue weighted by molar-refractivity contribution is -0.133. The van der Waals surface area contributed by atoms with E-state index in [1.54, 1.807) is 26.1 Å². The summed E-state index contributed by atoms with van der Waals surface area (Å²) in [5.74, 6) is 1.91. The molecule has 0 saturated carbocycles. The standard InChI is InChI=1S/C17H22N4O3/c1-20(2)17(22)14-5-4-10-21(14)11-15-18-19-16(24-15)12-6-8-13(23-3)9-7-12/h6-9,14H,4-5,10-11H2,1-3H3. The Hall–Kier alpha value is -2.41. The SMILES string of the molecule is COc1ccc(-c2nnc(CN3CCCC3C(=O)N(C)C)o2)cc1. The summed E-state index contributed by atoms with van der Waals surface area (Å²) in [6.07, 6.45) is 1.88. The van der Waals surface area contributed by atoms with Crippen LogP contribution in [0.15, 0.2) is 28.7 Å². The van der Waals surface area contributed by atoms with Crippen molar-refractivity contribution in [1.82, 2.24) is 20.0 Å². The van der Waals surface area contributed by atoms with Gasteiger partial charge < -0.3 is 14.1 Å². The van der Waals surface area contributed by atoms with E-state index in [2.05, 4.69) is 15.1 Å². The van der Waals surface area contributed by atoms with E-state index in [-0.39, 0.29) is 11.9 Å². The Morgan fingerprint density at radius 2 is 2.08 bits per heavy atom. The van der Waals surface area contributed by atoms with Crippen molar-refractivity contribution in [3.05, 3.63) is 30.2 Å². The van der Waals surface area contributed by atoms with Gasteiger partial charge in [0.05, 0.1) is 19.7 Å². The smallest absolute Gasteiger partial charge is 0.247 e. The largest absolute Gasteiger partial charge is 0.497 e. The van der Waals surface area contributed by atoms with E-state index in [1.165, 1.54) is 0 Å². The van der Waals surface area contributed by atoms with Crippen molar-refractivity contribution in [3.8, 4) is 17.2 Å². The minimum atomic E-state index is -0.101. The fourth-order valence-corrected chi connectivity index (χ4v) is 2.93. The van der Waals surface area contributed by atoms with Crippen molar-refractivity contribution in [3.63, 3.8) is 0 Å². The molecule has 0 spiro atoms. The van der Waals surface area contributed by atoms with E-state index < -0.39 is 0 Å². The number of likely N-dealkylation sites (N-methyl/N-ethyl adjacent to an activating group) is 1. The molecule has 1 aromatic heterocycles. The van der Waals surface area contributed by atoms with Crippen LogP contribution in [0.3, 0.4) is 0 Å². The molecule has 2 aromatic rings. The number of ether oxygens (including phenoxy) is 1. The van der Waals surface area contributed by atoms with Gasteiger partial charge in [-0.1, -0.05) is 0 Å². The summed E-state index contributed by atoms with van der Waals surface area (Å²) in [4.78, 5) is 16.0. The molecule has 128 valence electrons. The lowest BCUT2D eigenvalue weighted by Gasteiger charge is -2.24. The van der Waals surface area contributed by atoms with Gasteiger partial charge in [-0.15, -0.1) is 10.2 Å². The number of amides is 1. The molecule has 1 aliphatic heterocycles. The Morgan fingerprint density at radius 3 is 2.75 bits per heavy atom. The van der Waals surface area contributed by atoms with E-state index in [9.17, 15) is 4.79 Å². The third kappa shape index (κ3) is 3.41. The van der Waals surface area contributed by atoms with Gasteiger partial charge in [-0.25, -0.2) is 0 Å². The fraction of sp³-hybridized carbons (Fsp3) is 0.471. The summed E-state index contributed by atoms with van der Waals surface area (Å²) < 4.78 is 10.9. The van der Waals surface area contributed by atoms with Gasteiger partial charge in [0.1, 0.15) is 5.75 Å². The van der Waals surface area contributed by atoms with Gasteiger partial charge in [0.25, 0.3) is 0 Å². The van der Waals surface area contributed by atoms with Gasteiger partial charge in [-0.2, -0.15) is 0 Å². The maximum absolute atomic E-state index is 12.2. The van der Waals surface area contributed by atoms with E-state index >= 15 is 0 Å². The van der Waals surface area contributed by atoms with Crippen LogP contribution in [0.1, 0.15) is 18.7 Å². The zero-order valence-corrected chi connectivity index (χ0v) is 14.2. The number of carbonyl (C=O) groups is 1. The molecule has 7 heteroatoms. The lowest BCUT2D eigenvalue weighted by Crippen LogP contribution is -2.42. The van der Waals surface area contributed by atoms with Crippen LogP contribution < -0.4 is 4.74 Å². The topological polar surface area (TPSA) is 71.7 Å². The Labute approximate surface area is 141 Å². The zero-order chi connectivity index (χ0) is 17.1. The number of methoxy groups -OCH3 is 1. The van der Waals surface area contributed by atoms with E-state index in [0.29, 0.717) is 18.3 Å². The predicted molar refractivity (Wildman–Crippen MR) is 88.4 cm³/mol. The van der Waals surface area contributed by atoms with Crippen molar-refractivity contribution < 1.29 is 13.9 Å². The monoisotopic (exact) mass is 330 g/mol. The number of benzene rings is 1. The minimum absolute atomic E-state index is 0.101. The molecule has 1 aliphatic rings. The molecule has 1 saturated heterocycles. The Morgan fingerprint density at radius 1 is 1.33 bits per heavy atom. The van der Waals surface area contributed by atoms with Crippen molar-refractivity contribution in [2.45, 2.75) is 25.4 Å². The first-order valence-corrected chi connectivity index (χ1v) is 8.00. The lowest BCUT2D eigenvalue weighted by atomic mass is 10.2.